The lowest BCUT2D eigenvalue weighted by Gasteiger charge is -2.47. The summed E-state index contributed by atoms with van der Waals surface area (Å²) in [5.74, 6) is 0.165. The van der Waals surface area contributed by atoms with Crippen LogP contribution in [0.15, 0.2) is 48.5 Å². The molecule has 0 amide bonds. The Morgan fingerprint density at radius 2 is 1.93 bits per heavy atom. The number of para-hydroxylation sites is 1. The molecule has 2 aromatic carbocycles. The Kier molecular flexibility index (Phi) is 4.63. The van der Waals surface area contributed by atoms with Gasteiger partial charge in [0, 0.05) is 29.9 Å². The fourth-order valence-corrected chi connectivity index (χ4v) is 4.89. The molecule has 1 N–H and O–H groups in total. The van der Waals surface area contributed by atoms with Crippen molar-refractivity contribution in [3.63, 3.8) is 0 Å². The Morgan fingerprint density at radius 1 is 1.20 bits per heavy atom. The quantitative estimate of drug-likeness (QED) is 0.437. The molecule has 1 spiro atoms. The highest BCUT2D eigenvalue weighted by molar-refractivity contribution is 7.85. The van der Waals surface area contributed by atoms with E-state index >= 15 is 0 Å². The SMILES string of the molecule is CC1(C)c2ccccc2N(CCCS(=O)(=O)O)C12C=Cc1cc([N+](=O)[O-])ccc1O2. The smallest absolute Gasteiger partial charge is 0.270 e. The minimum Gasteiger partial charge on any atom is -0.463 e. The molecule has 2 aromatic rings. The van der Waals surface area contributed by atoms with Gasteiger partial charge < -0.3 is 9.64 Å². The molecule has 30 heavy (non-hydrogen) atoms. The van der Waals surface area contributed by atoms with Gasteiger partial charge in [-0.1, -0.05) is 18.2 Å². The lowest BCUT2D eigenvalue weighted by Crippen LogP contribution is -2.59. The van der Waals surface area contributed by atoms with Crippen molar-refractivity contribution < 1.29 is 22.6 Å². The summed E-state index contributed by atoms with van der Waals surface area (Å²) in [6.45, 7) is 4.44. The molecule has 9 heteroatoms. The Bertz CT molecular complexity index is 1160. The third kappa shape index (κ3) is 3.14. The number of hydrogen-bond acceptors (Lipinski definition) is 6. The van der Waals surface area contributed by atoms with E-state index < -0.39 is 26.2 Å². The van der Waals surface area contributed by atoms with Crippen LogP contribution in [-0.4, -0.2) is 35.9 Å². The van der Waals surface area contributed by atoms with Crippen LogP contribution in [0.2, 0.25) is 0 Å². The van der Waals surface area contributed by atoms with Gasteiger partial charge in [-0.25, -0.2) is 0 Å². The normalized spacial score (nSPS) is 21.2. The molecular weight excluding hydrogens is 408 g/mol. The minimum atomic E-state index is -4.08. The van der Waals surface area contributed by atoms with E-state index in [1.54, 1.807) is 6.07 Å². The highest BCUT2D eigenvalue weighted by Gasteiger charge is 2.58. The summed E-state index contributed by atoms with van der Waals surface area (Å²) < 4.78 is 38.1. The Balaban J connectivity index is 1.78. The van der Waals surface area contributed by atoms with Gasteiger partial charge >= 0.3 is 0 Å². The van der Waals surface area contributed by atoms with Gasteiger partial charge in [0.15, 0.2) is 0 Å². The number of hydrogen-bond donors (Lipinski definition) is 1. The number of nitro benzene ring substituents is 1. The maximum Gasteiger partial charge on any atom is 0.270 e. The molecule has 158 valence electrons. The second-order valence-corrected chi connectivity index (χ2v) is 9.62. The summed E-state index contributed by atoms with van der Waals surface area (Å²) in [5, 5.41) is 11.1. The highest BCUT2D eigenvalue weighted by Crippen LogP contribution is 2.55. The molecule has 0 saturated carbocycles. The molecule has 0 saturated heterocycles. The fraction of sp³-hybridized carbons (Fsp3) is 0.333. The topological polar surface area (TPSA) is 110 Å². The average Bonchev–Trinajstić information content (AvgIpc) is 2.85. The van der Waals surface area contributed by atoms with Crippen LogP contribution in [0.1, 0.15) is 31.4 Å². The number of anilines is 1. The second-order valence-electron chi connectivity index (χ2n) is 8.04. The molecule has 0 aliphatic carbocycles. The van der Waals surface area contributed by atoms with Crippen molar-refractivity contribution in [2.45, 2.75) is 31.4 Å². The third-order valence-electron chi connectivity index (χ3n) is 5.91. The predicted octanol–water partition coefficient (Wildman–Crippen LogP) is 3.77. The third-order valence-corrected chi connectivity index (χ3v) is 6.71. The van der Waals surface area contributed by atoms with Crippen molar-refractivity contribution in [1.82, 2.24) is 0 Å². The van der Waals surface area contributed by atoms with Gasteiger partial charge in [0.05, 0.1) is 16.1 Å². The van der Waals surface area contributed by atoms with Crippen LogP contribution in [0, 0.1) is 10.1 Å². The van der Waals surface area contributed by atoms with Gasteiger partial charge in [-0.15, -0.1) is 0 Å². The molecule has 2 aliphatic heterocycles. The summed E-state index contributed by atoms with van der Waals surface area (Å²) in [4.78, 5) is 12.7. The van der Waals surface area contributed by atoms with E-state index in [0.29, 0.717) is 17.9 Å². The van der Waals surface area contributed by atoms with E-state index in [0.717, 1.165) is 11.3 Å². The molecule has 2 heterocycles. The molecule has 1 atom stereocenters. The van der Waals surface area contributed by atoms with Gasteiger partial charge in [0.25, 0.3) is 15.8 Å². The van der Waals surface area contributed by atoms with Crippen LogP contribution in [-0.2, 0) is 15.5 Å². The van der Waals surface area contributed by atoms with Crippen molar-refractivity contribution in [3.8, 4) is 5.75 Å². The van der Waals surface area contributed by atoms with E-state index in [1.807, 2.05) is 41.3 Å². The van der Waals surface area contributed by atoms with E-state index in [4.69, 9.17) is 9.29 Å². The van der Waals surface area contributed by atoms with E-state index in [-0.39, 0.29) is 17.9 Å². The number of rotatable bonds is 5. The first-order valence-electron chi connectivity index (χ1n) is 9.54. The monoisotopic (exact) mass is 430 g/mol. The second kappa shape index (κ2) is 6.82. The lowest BCUT2D eigenvalue weighted by molar-refractivity contribution is -0.384. The maximum atomic E-state index is 11.2. The zero-order valence-electron chi connectivity index (χ0n) is 16.6. The minimum absolute atomic E-state index is 0.0167. The number of benzene rings is 2. The van der Waals surface area contributed by atoms with E-state index in [9.17, 15) is 18.5 Å². The summed E-state index contributed by atoms with van der Waals surface area (Å²) in [5.41, 5.74) is 1.12. The maximum absolute atomic E-state index is 11.2. The summed E-state index contributed by atoms with van der Waals surface area (Å²) >= 11 is 0. The number of non-ortho nitro benzene ring substituents is 1. The van der Waals surface area contributed by atoms with Gasteiger partial charge in [-0.2, -0.15) is 8.42 Å². The number of nitrogens with zero attached hydrogens (tertiary/aromatic N) is 2. The molecular formula is C21H22N2O6S. The average molecular weight is 430 g/mol. The fourth-order valence-electron chi connectivity index (χ4n) is 4.40. The molecule has 8 nitrogen and oxygen atoms in total. The van der Waals surface area contributed by atoms with Gasteiger partial charge in [0.2, 0.25) is 5.72 Å². The largest absolute Gasteiger partial charge is 0.463 e. The zero-order valence-corrected chi connectivity index (χ0v) is 17.4. The van der Waals surface area contributed by atoms with E-state index in [2.05, 4.69) is 13.8 Å². The summed E-state index contributed by atoms with van der Waals surface area (Å²) in [6.07, 6.45) is 3.91. The molecule has 1 unspecified atom stereocenters. The highest BCUT2D eigenvalue weighted by atomic mass is 32.2. The van der Waals surface area contributed by atoms with Crippen molar-refractivity contribution in [3.05, 3.63) is 69.8 Å². The van der Waals surface area contributed by atoms with Crippen LogP contribution >= 0.6 is 0 Å². The number of fused-ring (bicyclic) bond motifs is 2. The first-order valence-corrected chi connectivity index (χ1v) is 11.2. The lowest BCUT2D eigenvalue weighted by atomic mass is 9.76. The Hall–Kier alpha value is -2.91. The molecule has 4 rings (SSSR count). The van der Waals surface area contributed by atoms with Crippen LogP contribution in [0.25, 0.3) is 6.08 Å². The molecule has 2 aliphatic rings. The number of ether oxygens (including phenoxy) is 1. The first-order chi connectivity index (χ1) is 14.1. The van der Waals surface area contributed by atoms with Crippen LogP contribution < -0.4 is 9.64 Å². The zero-order chi connectivity index (χ0) is 21.7. The van der Waals surface area contributed by atoms with Gasteiger partial charge in [-0.05, 0) is 50.1 Å². The van der Waals surface area contributed by atoms with E-state index in [1.165, 1.54) is 12.1 Å². The van der Waals surface area contributed by atoms with Crippen molar-refractivity contribution in [1.29, 1.82) is 0 Å². The molecule has 0 fully saturated rings. The van der Waals surface area contributed by atoms with Crippen LogP contribution in [0.5, 0.6) is 5.75 Å². The molecule has 0 bridgehead atoms. The molecule has 0 aromatic heterocycles. The van der Waals surface area contributed by atoms with Crippen molar-refractivity contribution >= 4 is 27.6 Å². The van der Waals surface area contributed by atoms with Crippen molar-refractivity contribution in [2.75, 3.05) is 17.2 Å². The first kappa shape index (κ1) is 20.4. The Labute approximate surface area is 174 Å². The molecule has 0 radical (unpaired) electrons. The van der Waals surface area contributed by atoms with Crippen LogP contribution in [0.3, 0.4) is 0 Å². The van der Waals surface area contributed by atoms with Crippen molar-refractivity contribution in [2.24, 2.45) is 0 Å². The summed E-state index contributed by atoms with van der Waals surface area (Å²) in [7, 11) is -4.08. The standard InChI is InChI=1S/C21H22N2O6S/c1-20(2)17-6-3-4-7-18(17)22(12-5-13-30(26,27)28)21(20)11-10-15-14-16(23(24)25)8-9-19(15)29-21/h3-4,6-11,14H,5,12-13H2,1-2H3,(H,26,27,28). The van der Waals surface area contributed by atoms with Gasteiger partial charge in [0.1, 0.15) is 5.75 Å². The Morgan fingerprint density at radius 3 is 2.63 bits per heavy atom. The van der Waals surface area contributed by atoms with Gasteiger partial charge in [-0.3, -0.25) is 14.7 Å². The van der Waals surface area contributed by atoms with Crippen LogP contribution in [0.4, 0.5) is 11.4 Å². The predicted molar refractivity (Wildman–Crippen MR) is 113 cm³/mol. The number of nitro groups is 1. The summed E-state index contributed by atoms with van der Waals surface area (Å²) in [6, 6.07) is 12.3.